The van der Waals surface area contributed by atoms with Gasteiger partial charge in [0.25, 0.3) is 0 Å². The molecule has 24 heavy (non-hydrogen) atoms. The molecule has 2 aromatic rings. The number of hydrogen-bond acceptors (Lipinski definition) is 2. The molecule has 126 valence electrons. The van der Waals surface area contributed by atoms with Crippen LogP contribution in [0.4, 0.5) is 13.2 Å². The standard InChI is InChI=1S/C19H19F3N2/c1-2-3-4-5-15-10-18(21)17(19(22)11-15)13-24-23-12-14-6-8-16(20)9-7-14/h6-13H,2-5H2,1H3. The van der Waals surface area contributed by atoms with Crippen LogP contribution in [0.1, 0.15) is 42.9 Å². The number of hydrogen-bond donors (Lipinski definition) is 0. The number of halogens is 3. The zero-order valence-corrected chi connectivity index (χ0v) is 13.5. The van der Waals surface area contributed by atoms with Crippen molar-refractivity contribution in [2.24, 2.45) is 10.2 Å². The molecule has 0 fully saturated rings. The van der Waals surface area contributed by atoms with E-state index in [4.69, 9.17) is 0 Å². The Hall–Kier alpha value is -2.43. The second-order valence-electron chi connectivity index (χ2n) is 5.47. The predicted octanol–water partition coefficient (Wildman–Crippen LogP) is 5.29. The van der Waals surface area contributed by atoms with Gasteiger partial charge in [-0.05, 0) is 48.2 Å². The summed E-state index contributed by atoms with van der Waals surface area (Å²) in [6.07, 6.45) is 6.07. The summed E-state index contributed by atoms with van der Waals surface area (Å²) in [4.78, 5) is 0. The van der Waals surface area contributed by atoms with Gasteiger partial charge in [0, 0.05) is 0 Å². The van der Waals surface area contributed by atoms with E-state index in [0.717, 1.165) is 25.5 Å². The second-order valence-corrected chi connectivity index (χ2v) is 5.47. The van der Waals surface area contributed by atoms with Crippen LogP contribution in [-0.4, -0.2) is 12.4 Å². The summed E-state index contributed by atoms with van der Waals surface area (Å²) in [6.45, 7) is 2.08. The highest BCUT2D eigenvalue weighted by Crippen LogP contribution is 2.16. The van der Waals surface area contributed by atoms with Crippen LogP contribution in [0.3, 0.4) is 0 Å². The van der Waals surface area contributed by atoms with Crippen LogP contribution in [-0.2, 0) is 6.42 Å². The van der Waals surface area contributed by atoms with Crippen molar-refractivity contribution in [3.05, 3.63) is 70.5 Å². The molecule has 0 saturated carbocycles. The lowest BCUT2D eigenvalue weighted by atomic mass is 10.0. The van der Waals surface area contributed by atoms with Crippen molar-refractivity contribution in [3.8, 4) is 0 Å². The molecule has 0 aliphatic carbocycles. The molecule has 0 radical (unpaired) electrons. The molecule has 0 saturated heterocycles. The van der Waals surface area contributed by atoms with Crippen LogP contribution in [0.25, 0.3) is 0 Å². The first-order chi connectivity index (χ1) is 11.6. The van der Waals surface area contributed by atoms with Gasteiger partial charge in [0.15, 0.2) is 0 Å². The number of unbranched alkanes of at least 4 members (excludes halogenated alkanes) is 2. The lowest BCUT2D eigenvalue weighted by Gasteiger charge is -2.04. The molecule has 0 aromatic heterocycles. The number of rotatable bonds is 7. The first-order valence-corrected chi connectivity index (χ1v) is 7.90. The lowest BCUT2D eigenvalue weighted by molar-refractivity contribution is 0.574. The molecule has 2 aromatic carbocycles. The zero-order chi connectivity index (χ0) is 17.4. The third-order valence-corrected chi connectivity index (χ3v) is 3.54. The van der Waals surface area contributed by atoms with Crippen LogP contribution in [0.2, 0.25) is 0 Å². The molecule has 2 rings (SSSR count). The quantitative estimate of drug-likeness (QED) is 0.374. The maximum Gasteiger partial charge on any atom is 0.135 e. The summed E-state index contributed by atoms with van der Waals surface area (Å²) in [5.74, 6) is -1.65. The first-order valence-electron chi connectivity index (χ1n) is 7.90. The van der Waals surface area contributed by atoms with E-state index in [1.54, 1.807) is 0 Å². The van der Waals surface area contributed by atoms with Crippen LogP contribution < -0.4 is 0 Å². The molecule has 0 heterocycles. The minimum Gasteiger partial charge on any atom is -0.207 e. The Morgan fingerprint density at radius 2 is 1.50 bits per heavy atom. The van der Waals surface area contributed by atoms with Crippen molar-refractivity contribution < 1.29 is 13.2 Å². The van der Waals surface area contributed by atoms with E-state index in [1.165, 1.54) is 42.6 Å². The van der Waals surface area contributed by atoms with Gasteiger partial charge < -0.3 is 0 Å². The molecule has 0 unspecified atom stereocenters. The third-order valence-electron chi connectivity index (χ3n) is 3.54. The monoisotopic (exact) mass is 332 g/mol. The average molecular weight is 332 g/mol. The van der Waals surface area contributed by atoms with E-state index in [9.17, 15) is 13.2 Å². The van der Waals surface area contributed by atoms with Gasteiger partial charge in [-0.3, -0.25) is 0 Å². The van der Waals surface area contributed by atoms with Crippen molar-refractivity contribution in [1.82, 2.24) is 0 Å². The van der Waals surface area contributed by atoms with Crippen molar-refractivity contribution in [3.63, 3.8) is 0 Å². The molecule has 2 nitrogen and oxygen atoms in total. The van der Waals surface area contributed by atoms with Crippen molar-refractivity contribution in [2.45, 2.75) is 32.6 Å². The normalized spacial score (nSPS) is 11.7. The van der Waals surface area contributed by atoms with E-state index in [0.29, 0.717) is 17.5 Å². The number of nitrogens with zero attached hydrogens (tertiary/aromatic N) is 2. The fraction of sp³-hybridized carbons (Fsp3) is 0.263. The number of benzene rings is 2. The molecule has 0 bridgehead atoms. The summed E-state index contributed by atoms with van der Waals surface area (Å²) in [7, 11) is 0. The number of aryl methyl sites for hydroxylation is 1. The Kier molecular flexibility index (Phi) is 6.73. The summed E-state index contributed by atoms with van der Waals surface area (Å²) in [6, 6.07) is 8.32. The molecule has 0 aliphatic heterocycles. The average Bonchev–Trinajstić information content (AvgIpc) is 2.55. The SMILES string of the molecule is CCCCCc1cc(F)c(C=NN=Cc2ccc(F)cc2)c(F)c1. The van der Waals surface area contributed by atoms with Gasteiger partial charge >= 0.3 is 0 Å². The largest absolute Gasteiger partial charge is 0.207 e. The van der Waals surface area contributed by atoms with Gasteiger partial charge in [-0.25, -0.2) is 13.2 Å². The van der Waals surface area contributed by atoms with E-state index in [-0.39, 0.29) is 11.4 Å². The van der Waals surface area contributed by atoms with Crippen molar-refractivity contribution in [1.29, 1.82) is 0 Å². The Morgan fingerprint density at radius 3 is 2.12 bits per heavy atom. The van der Waals surface area contributed by atoms with Gasteiger partial charge in [0.1, 0.15) is 17.5 Å². The summed E-state index contributed by atoms with van der Waals surface area (Å²) in [5.41, 5.74) is 1.07. The van der Waals surface area contributed by atoms with Crippen LogP contribution in [0.15, 0.2) is 46.6 Å². The topological polar surface area (TPSA) is 24.7 Å². The van der Waals surface area contributed by atoms with E-state index < -0.39 is 11.6 Å². The maximum absolute atomic E-state index is 14.0. The highest BCUT2D eigenvalue weighted by atomic mass is 19.1. The molecule has 0 atom stereocenters. The van der Waals surface area contributed by atoms with Crippen LogP contribution >= 0.6 is 0 Å². The highest BCUT2D eigenvalue weighted by molar-refractivity contribution is 5.83. The first kappa shape index (κ1) is 17.9. The molecule has 5 heteroatoms. The maximum atomic E-state index is 14.0. The summed E-state index contributed by atoms with van der Waals surface area (Å²) < 4.78 is 40.7. The van der Waals surface area contributed by atoms with Crippen molar-refractivity contribution in [2.75, 3.05) is 0 Å². The zero-order valence-electron chi connectivity index (χ0n) is 13.5. The molecule has 0 N–H and O–H groups in total. The smallest absolute Gasteiger partial charge is 0.135 e. The fourth-order valence-electron chi connectivity index (χ4n) is 2.22. The van der Waals surface area contributed by atoms with Gasteiger partial charge in [0.2, 0.25) is 0 Å². The molecule has 0 spiro atoms. The highest BCUT2D eigenvalue weighted by Gasteiger charge is 2.09. The van der Waals surface area contributed by atoms with Gasteiger partial charge in [-0.2, -0.15) is 10.2 Å². The minimum atomic E-state index is -0.651. The Morgan fingerprint density at radius 1 is 0.875 bits per heavy atom. The predicted molar refractivity (Wildman–Crippen MR) is 91.2 cm³/mol. The Labute approximate surface area is 139 Å². The van der Waals surface area contributed by atoms with E-state index in [2.05, 4.69) is 17.1 Å². The Bertz CT molecular complexity index is 699. The van der Waals surface area contributed by atoms with Gasteiger partial charge in [-0.1, -0.05) is 31.9 Å². The van der Waals surface area contributed by atoms with Gasteiger partial charge in [-0.15, -0.1) is 0 Å². The van der Waals surface area contributed by atoms with Gasteiger partial charge in [0.05, 0.1) is 18.0 Å². The molecule has 0 amide bonds. The summed E-state index contributed by atoms with van der Waals surface area (Å²) in [5, 5.41) is 7.38. The Balaban J connectivity index is 2.04. The minimum absolute atomic E-state index is 0.217. The summed E-state index contributed by atoms with van der Waals surface area (Å²) >= 11 is 0. The fourth-order valence-corrected chi connectivity index (χ4v) is 2.22. The lowest BCUT2D eigenvalue weighted by Crippen LogP contribution is -1.98. The second kappa shape index (κ2) is 9.01. The van der Waals surface area contributed by atoms with Crippen LogP contribution in [0.5, 0.6) is 0 Å². The third kappa shape index (κ3) is 5.33. The molecular weight excluding hydrogens is 313 g/mol. The van der Waals surface area contributed by atoms with E-state index in [1.807, 2.05) is 0 Å². The van der Waals surface area contributed by atoms with Crippen LogP contribution in [0, 0.1) is 17.5 Å². The molecule has 0 aliphatic rings. The van der Waals surface area contributed by atoms with Crippen molar-refractivity contribution >= 4 is 12.4 Å². The molecular formula is C19H19F3N2. The van der Waals surface area contributed by atoms with E-state index >= 15 is 0 Å².